The minimum Gasteiger partial charge on any atom is -0.473 e. The largest absolute Gasteiger partial charge is 0.473 e. The molecule has 1 amide bonds. The summed E-state index contributed by atoms with van der Waals surface area (Å²) in [5, 5.41) is 17.9. The summed E-state index contributed by atoms with van der Waals surface area (Å²) < 4.78 is 0. The van der Waals surface area contributed by atoms with Crippen molar-refractivity contribution < 1.29 is 24.6 Å². The molecular formula is C25H33N3O5. The molecule has 0 radical (unpaired) electrons. The lowest BCUT2D eigenvalue weighted by atomic mass is 10.1. The molecule has 8 heteroatoms. The number of carbonyl (C=O) groups is 3. The average molecular weight is 456 g/mol. The normalized spacial score (nSPS) is 16.1. The van der Waals surface area contributed by atoms with Crippen LogP contribution in [0, 0.1) is 6.92 Å². The van der Waals surface area contributed by atoms with Crippen LogP contribution in [0.15, 0.2) is 54.6 Å². The van der Waals surface area contributed by atoms with Crippen LogP contribution in [0.5, 0.6) is 0 Å². The summed E-state index contributed by atoms with van der Waals surface area (Å²) in [6.45, 7) is 11.0. The fraction of sp³-hybridized carbons (Fsp3) is 0.400. The van der Waals surface area contributed by atoms with Gasteiger partial charge in [-0.15, -0.1) is 0 Å². The maximum absolute atomic E-state index is 12.7. The van der Waals surface area contributed by atoms with Crippen molar-refractivity contribution in [2.45, 2.75) is 39.4 Å². The Morgan fingerprint density at radius 3 is 2.06 bits per heavy atom. The van der Waals surface area contributed by atoms with E-state index in [0.29, 0.717) is 0 Å². The van der Waals surface area contributed by atoms with Gasteiger partial charge in [0.05, 0.1) is 12.1 Å². The van der Waals surface area contributed by atoms with Gasteiger partial charge in [-0.25, -0.2) is 9.59 Å². The monoisotopic (exact) mass is 455 g/mol. The van der Waals surface area contributed by atoms with E-state index in [9.17, 15) is 4.79 Å². The average Bonchev–Trinajstić information content (AvgIpc) is 2.80. The Kier molecular flexibility index (Phi) is 10.0. The van der Waals surface area contributed by atoms with Gasteiger partial charge in [-0.1, -0.05) is 60.2 Å². The molecule has 1 fully saturated rings. The number of hydrogen-bond donors (Lipinski definition) is 3. The highest BCUT2D eigenvalue weighted by molar-refractivity contribution is 6.27. The highest BCUT2D eigenvalue weighted by atomic mass is 16.4. The van der Waals surface area contributed by atoms with Crippen LogP contribution in [0.4, 0.5) is 0 Å². The maximum Gasteiger partial charge on any atom is 0.414 e. The van der Waals surface area contributed by atoms with Crippen molar-refractivity contribution in [1.82, 2.24) is 15.1 Å². The van der Waals surface area contributed by atoms with Crippen molar-refractivity contribution in [3.8, 4) is 0 Å². The van der Waals surface area contributed by atoms with Gasteiger partial charge in [0, 0.05) is 32.7 Å². The molecule has 1 heterocycles. The zero-order valence-corrected chi connectivity index (χ0v) is 19.4. The lowest BCUT2D eigenvalue weighted by Crippen LogP contribution is -2.53. The van der Waals surface area contributed by atoms with Crippen molar-refractivity contribution in [3.05, 3.63) is 71.3 Å². The highest BCUT2D eigenvalue weighted by Gasteiger charge is 2.26. The van der Waals surface area contributed by atoms with Gasteiger partial charge in [-0.3, -0.25) is 14.6 Å². The molecule has 2 aromatic carbocycles. The molecule has 2 unspecified atom stereocenters. The molecule has 3 N–H and O–H groups in total. The van der Waals surface area contributed by atoms with E-state index < -0.39 is 11.9 Å². The van der Waals surface area contributed by atoms with E-state index in [0.717, 1.165) is 38.3 Å². The number of hydrogen-bond acceptors (Lipinski definition) is 5. The predicted molar refractivity (Wildman–Crippen MR) is 126 cm³/mol. The Bertz CT molecular complexity index is 915. The van der Waals surface area contributed by atoms with Crippen LogP contribution in [0.2, 0.25) is 0 Å². The number of carbonyl (C=O) groups excluding carboxylic acids is 1. The third-order valence-corrected chi connectivity index (χ3v) is 5.66. The fourth-order valence-corrected chi connectivity index (χ4v) is 3.70. The smallest absolute Gasteiger partial charge is 0.414 e. The lowest BCUT2D eigenvalue weighted by Gasteiger charge is -2.37. The second-order valence-electron chi connectivity index (χ2n) is 8.23. The molecule has 1 saturated heterocycles. The molecule has 0 aliphatic carbocycles. The number of benzene rings is 2. The van der Waals surface area contributed by atoms with Crippen molar-refractivity contribution in [2.75, 3.05) is 26.2 Å². The summed E-state index contributed by atoms with van der Waals surface area (Å²) in [4.78, 5) is 35.6. The number of aryl methyl sites for hydroxylation is 1. The molecule has 1 aliphatic heterocycles. The van der Waals surface area contributed by atoms with Gasteiger partial charge in [0.25, 0.3) is 0 Å². The van der Waals surface area contributed by atoms with Gasteiger partial charge in [0.1, 0.15) is 0 Å². The number of rotatable bonds is 6. The summed E-state index contributed by atoms with van der Waals surface area (Å²) in [5.41, 5.74) is 3.82. The van der Waals surface area contributed by atoms with Crippen LogP contribution < -0.4 is 5.32 Å². The highest BCUT2D eigenvalue weighted by Crippen LogP contribution is 2.14. The topological polar surface area (TPSA) is 110 Å². The summed E-state index contributed by atoms with van der Waals surface area (Å²) in [6, 6.07) is 18.8. The standard InChI is InChI=1S/C23H31N3O.C2H2O4/c1-18-8-7-9-21(16-18)17-25-12-14-26(15-13-25)20(3)23(27)24-19(2)22-10-5-4-6-11-22;3-1(4)2(5)6/h4-11,16,19-20H,12-15,17H2,1-3H3,(H,24,27);(H,3,4)(H,5,6). The zero-order chi connectivity index (χ0) is 24.4. The Balaban J connectivity index is 0.000000569. The molecular weight excluding hydrogens is 422 g/mol. The van der Waals surface area contributed by atoms with E-state index in [1.807, 2.05) is 32.0 Å². The Labute approximate surface area is 194 Å². The maximum atomic E-state index is 12.7. The fourth-order valence-electron chi connectivity index (χ4n) is 3.70. The minimum absolute atomic E-state index is 0.0313. The number of piperazine rings is 1. The first-order chi connectivity index (χ1) is 15.7. The molecule has 3 rings (SSSR count). The molecule has 0 bridgehead atoms. The van der Waals surface area contributed by atoms with Crippen molar-refractivity contribution in [2.24, 2.45) is 0 Å². The molecule has 0 saturated carbocycles. The number of nitrogens with zero attached hydrogens (tertiary/aromatic N) is 2. The molecule has 0 aromatic heterocycles. The first-order valence-corrected chi connectivity index (χ1v) is 11.0. The summed E-state index contributed by atoms with van der Waals surface area (Å²) >= 11 is 0. The third-order valence-electron chi connectivity index (χ3n) is 5.66. The van der Waals surface area contributed by atoms with Crippen LogP contribution >= 0.6 is 0 Å². The van der Waals surface area contributed by atoms with Gasteiger partial charge in [-0.05, 0) is 31.9 Å². The number of carboxylic acids is 2. The molecule has 2 aromatic rings. The Hall–Kier alpha value is -3.23. The van der Waals surface area contributed by atoms with Gasteiger partial charge < -0.3 is 15.5 Å². The van der Waals surface area contributed by atoms with E-state index in [1.54, 1.807) is 0 Å². The van der Waals surface area contributed by atoms with E-state index in [4.69, 9.17) is 19.8 Å². The van der Waals surface area contributed by atoms with E-state index in [-0.39, 0.29) is 18.0 Å². The van der Waals surface area contributed by atoms with E-state index in [2.05, 4.69) is 58.4 Å². The number of aliphatic carboxylic acids is 2. The van der Waals surface area contributed by atoms with Gasteiger partial charge >= 0.3 is 11.9 Å². The molecule has 178 valence electrons. The van der Waals surface area contributed by atoms with Crippen LogP contribution in [-0.2, 0) is 20.9 Å². The minimum atomic E-state index is -1.82. The van der Waals surface area contributed by atoms with Crippen LogP contribution in [-0.4, -0.2) is 70.1 Å². The van der Waals surface area contributed by atoms with Crippen LogP contribution in [0.3, 0.4) is 0 Å². The van der Waals surface area contributed by atoms with Gasteiger partial charge in [0.15, 0.2) is 0 Å². The predicted octanol–water partition coefficient (Wildman–Crippen LogP) is 2.53. The molecule has 8 nitrogen and oxygen atoms in total. The van der Waals surface area contributed by atoms with E-state index in [1.165, 1.54) is 11.1 Å². The number of carboxylic acid groups (broad SMARTS) is 2. The Morgan fingerprint density at radius 1 is 0.909 bits per heavy atom. The van der Waals surface area contributed by atoms with Crippen LogP contribution in [0.25, 0.3) is 0 Å². The molecule has 33 heavy (non-hydrogen) atoms. The number of nitrogens with one attached hydrogen (secondary N) is 1. The quantitative estimate of drug-likeness (QED) is 0.574. The second-order valence-corrected chi connectivity index (χ2v) is 8.23. The summed E-state index contributed by atoms with van der Waals surface area (Å²) in [6.07, 6.45) is 0. The van der Waals surface area contributed by atoms with Crippen molar-refractivity contribution >= 4 is 17.8 Å². The van der Waals surface area contributed by atoms with Gasteiger partial charge in [-0.2, -0.15) is 0 Å². The first-order valence-electron chi connectivity index (χ1n) is 11.0. The Morgan fingerprint density at radius 2 is 1.52 bits per heavy atom. The lowest BCUT2D eigenvalue weighted by molar-refractivity contribution is -0.159. The zero-order valence-electron chi connectivity index (χ0n) is 19.4. The second kappa shape index (κ2) is 12.7. The third kappa shape index (κ3) is 8.67. The summed E-state index contributed by atoms with van der Waals surface area (Å²) in [7, 11) is 0. The first kappa shape index (κ1) is 26.0. The molecule has 2 atom stereocenters. The van der Waals surface area contributed by atoms with Gasteiger partial charge in [0.2, 0.25) is 5.91 Å². The SMILES string of the molecule is Cc1cccc(CN2CCN(C(C)C(=O)NC(C)c3ccccc3)CC2)c1.O=C(O)C(=O)O. The van der Waals surface area contributed by atoms with Crippen molar-refractivity contribution in [3.63, 3.8) is 0 Å². The molecule has 1 aliphatic rings. The molecule has 0 spiro atoms. The number of amides is 1. The van der Waals surface area contributed by atoms with Crippen LogP contribution in [0.1, 0.15) is 36.6 Å². The van der Waals surface area contributed by atoms with Crippen molar-refractivity contribution in [1.29, 1.82) is 0 Å². The summed E-state index contributed by atoms with van der Waals surface area (Å²) in [5.74, 6) is -3.54. The van der Waals surface area contributed by atoms with E-state index >= 15 is 0 Å².